The number of nitrogens with one attached hydrogen (secondary N) is 1. The number of amides is 1. The van der Waals surface area contributed by atoms with Gasteiger partial charge in [-0.2, -0.15) is 0 Å². The Hall–Kier alpha value is -3.87. The predicted molar refractivity (Wildman–Crippen MR) is 104 cm³/mol. The van der Waals surface area contributed by atoms with E-state index >= 15 is 0 Å². The van der Waals surface area contributed by atoms with Gasteiger partial charge in [0.2, 0.25) is 11.8 Å². The number of pyridine rings is 1. The summed E-state index contributed by atoms with van der Waals surface area (Å²) >= 11 is 0. The zero-order chi connectivity index (χ0) is 20.2. The number of benzene rings is 2. The highest BCUT2D eigenvalue weighted by Crippen LogP contribution is 2.38. The summed E-state index contributed by atoms with van der Waals surface area (Å²) in [6.07, 6.45) is 1.53. The van der Waals surface area contributed by atoms with E-state index in [2.05, 4.69) is 15.5 Å². The Bertz CT molecular complexity index is 1140. The third kappa shape index (κ3) is 4.03. The van der Waals surface area contributed by atoms with E-state index in [9.17, 15) is 13.6 Å². The van der Waals surface area contributed by atoms with Crippen LogP contribution in [0.2, 0.25) is 0 Å². The van der Waals surface area contributed by atoms with Crippen LogP contribution >= 0.6 is 0 Å². The van der Waals surface area contributed by atoms with Crippen LogP contribution < -0.4 is 5.32 Å². The summed E-state index contributed by atoms with van der Waals surface area (Å²) < 4.78 is 33.1. The van der Waals surface area contributed by atoms with Gasteiger partial charge in [0, 0.05) is 11.8 Å². The molecule has 0 aliphatic heterocycles. The molecule has 0 fully saturated rings. The molecule has 0 radical (unpaired) electrons. The zero-order valence-corrected chi connectivity index (χ0v) is 15.1. The van der Waals surface area contributed by atoms with Gasteiger partial charge in [0.15, 0.2) is 0 Å². The van der Waals surface area contributed by atoms with E-state index < -0.39 is 11.6 Å². The van der Waals surface area contributed by atoms with E-state index in [1.807, 2.05) is 30.3 Å². The molecule has 0 saturated heterocycles. The second-order valence-corrected chi connectivity index (χ2v) is 6.29. The molecular weight excluding hydrogens is 376 g/mol. The normalized spacial score (nSPS) is 10.7. The van der Waals surface area contributed by atoms with Crippen LogP contribution in [-0.2, 0) is 11.2 Å². The van der Waals surface area contributed by atoms with Crippen LogP contribution in [0.5, 0.6) is 0 Å². The van der Waals surface area contributed by atoms with Gasteiger partial charge in [-0.15, -0.1) is 0 Å². The molecule has 2 aromatic carbocycles. The lowest BCUT2D eigenvalue weighted by molar-refractivity contribution is -0.115. The Morgan fingerprint density at radius 2 is 1.69 bits per heavy atom. The number of hydrogen-bond donors (Lipinski definition) is 1. The van der Waals surface area contributed by atoms with Gasteiger partial charge in [-0.05, 0) is 42.0 Å². The fourth-order valence-electron chi connectivity index (χ4n) is 2.92. The number of halogens is 2. The molecule has 7 heteroatoms. The number of carbonyl (C=O) groups is 1. The number of nitrogens with zero attached hydrogens (tertiary/aromatic N) is 2. The summed E-state index contributed by atoms with van der Waals surface area (Å²) in [5.41, 5.74) is 1.73. The molecule has 0 spiro atoms. The molecule has 144 valence electrons. The smallest absolute Gasteiger partial charge is 0.241 e. The van der Waals surface area contributed by atoms with Gasteiger partial charge in [0.25, 0.3) is 0 Å². The van der Waals surface area contributed by atoms with E-state index in [1.54, 1.807) is 0 Å². The number of hydrogen-bond acceptors (Lipinski definition) is 4. The Balaban J connectivity index is 1.73. The largest absolute Gasteiger partial charge is 0.337 e. The van der Waals surface area contributed by atoms with E-state index in [0.717, 1.165) is 5.56 Å². The first-order valence-corrected chi connectivity index (χ1v) is 8.82. The van der Waals surface area contributed by atoms with Crippen molar-refractivity contribution in [1.82, 2.24) is 10.1 Å². The lowest BCUT2D eigenvalue weighted by atomic mass is 10.0. The average molecular weight is 391 g/mol. The van der Waals surface area contributed by atoms with Crippen LogP contribution in [0.4, 0.5) is 14.7 Å². The van der Waals surface area contributed by atoms with Gasteiger partial charge >= 0.3 is 0 Å². The van der Waals surface area contributed by atoms with Crippen molar-refractivity contribution in [3.05, 3.63) is 90.1 Å². The van der Waals surface area contributed by atoms with Gasteiger partial charge in [0.1, 0.15) is 23.0 Å². The number of carbonyl (C=O) groups excluding carboxylic acids is 1. The van der Waals surface area contributed by atoms with Crippen LogP contribution in [-0.4, -0.2) is 16.0 Å². The molecule has 0 saturated carbocycles. The Morgan fingerprint density at radius 1 is 0.931 bits per heavy atom. The topological polar surface area (TPSA) is 68.0 Å². The minimum atomic E-state index is -0.599. The third-order valence-electron chi connectivity index (χ3n) is 4.27. The summed E-state index contributed by atoms with van der Waals surface area (Å²) in [6, 6.07) is 17.4. The highest BCUT2D eigenvalue weighted by Gasteiger charge is 2.24. The molecular formula is C22H15F2N3O2. The molecule has 0 atom stereocenters. The maximum atomic E-state index is 14.5. The van der Waals surface area contributed by atoms with Gasteiger partial charge in [0.05, 0.1) is 12.0 Å². The standard InChI is InChI=1S/C22H15F2N3O2/c23-16-10-8-15(9-11-16)20-19(21-17(24)7-4-12-25-21)22(29-27-20)26-18(28)13-14-5-2-1-3-6-14/h1-12H,13H2,(H,26,28). The number of aromatic nitrogens is 2. The lowest BCUT2D eigenvalue weighted by Crippen LogP contribution is -2.14. The SMILES string of the molecule is O=C(Cc1ccccc1)Nc1onc(-c2ccc(F)cc2)c1-c1ncccc1F. The second-order valence-electron chi connectivity index (χ2n) is 6.29. The van der Waals surface area contributed by atoms with Crippen LogP contribution in [0.1, 0.15) is 5.56 Å². The molecule has 0 aliphatic carbocycles. The molecule has 0 bridgehead atoms. The van der Waals surface area contributed by atoms with Crippen LogP contribution in [0, 0.1) is 11.6 Å². The zero-order valence-electron chi connectivity index (χ0n) is 15.1. The van der Waals surface area contributed by atoms with Gasteiger partial charge in [-0.25, -0.2) is 8.78 Å². The molecule has 1 amide bonds. The first-order valence-electron chi connectivity index (χ1n) is 8.82. The quantitative estimate of drug-likeness (QED) is 0.527. The Labute approximate surface area is 165 Å². The second kappa shape index (κ2) is 8.02. The third-order valence-corrected chi connectivity index (χ3v) is 4.27. The Morgan fingerprint density at radius 3 is 2.41 bits per heavy atom. The minimum Gasteiger partial charge on any atom is -0.337 e. The maximum absolute atomic E-state index is 14.5. The molecule has 0 aliphatic rings. The van der Waals surface area contributed by atoms with Crippen molar-refractivity contribution < 1.29 is 18.1 Å². The van der Waals surface area contributed by atoms with E-state index in [-0.39, 0.29) is 35.2 Å². The van der Waals surface area contributed by atoms with Crippen LogP contribution in [0.3, 0.4) is 0 Å². The molecule has 2 heterocycles. The molecule has 0 unspecified atom stereocenters. The maximum Gasteiger partial charge on any atom is 0.241 e. The van der Waals surface area contributed by atoms with Crippen molar-refractivity contribution in [3.63, 3.8) is 0 Å². The fourth-order valence-corrected chi connectivity index (χ4v) is 2.92. The first kappa shape index (κ1) is 18.5. The van der Waals surface area contributed by atoms with Crippen molar-refractivity contribution in [2.45, 2.75) is 6.42 Å². The summed E-state index contributed by atoms with van der Waals surface area (Å²) in [4.78, 5) is 16.6. The predicted octanol–water partition coefficient (Wildman–Crippen LogP) is 4.86. The molecule has 29 heavy (non-hydrogen) atoms. The minimum absolute atomic E-state index is 0.0249. The van der Waals surface area contributed by atoms with Gasteiger partial charge < -0.3 is 4.52 Å². The number of rotatable bonds is 5. The van der Waals surface area contributed by atoms with E-state index in [0.29, 0.717) is 5.56 Å². The lowest BCUT2D eigenvalue weighted by Gasteiger charge is -2.07. The summed E-state index contributed by atoms with van der Waals surface area (Å²) in [5, 5.41) is 6.61. The van der Waals surface area contributed by atoms with Crippen LogP contribution in [0.25, 0.3) is 22.5 Å². The van der Waals surface area contributed by atoms with Crippen molar-refractivity contribution >= 4 is 11.8 Å². The Kier molecular flexibility index (Phi) is 5.11. The fraction of sp³-hybridized carbons (Fsp3) is 0.0455. The monoisotopic (exact) mass is 391 g/mol. The summed E-state index contributed by atoms with van der Waals surface area (Å²) in [5.74, 6) is -1.39. The van der Waals surface area contributed by atoms with Crippen LogP contribution in [0.15, 0.2) is 77.4 Å². The van der Waals surface area contributed by atoms with Crippen molar-refractivity contribution in [2.75, 3.05) is 5.32 Å². The van der Waals surface area contributed by atoms with Gasteiger partial charge in [-0.1, -0.05) is 35.5 Å². The van der Waals surface area contributed by atoms with E-state index in [4.69, 9.17) is 4.52 Å². The summed E-state index contributed by atoms with van der Waals surface area (Å²) in [6.45, 7) is 0. The molecule has 5 nitrogen and oxygen atoms in total. The van der Waals surface area contributed by atoms with Crippen molar-refractivity contribution in [3.8, 4) is 22.5 Å². The van der Waals surface area contributed by atoms with Crippen molar-refractivity contribution in [2.24, 2.45) is 0 Å². The average Bonchev–Trinajstić information content (AvgIpc) is 3.12. The first-order chi connectivity index (χ1) is 14.1. The van der Waals surface area contributed by atoms with E-state index in [1.165, 1.54) is 42.6 Å². The molecule has 1 N–H and O–H groups in total. The summed E-state index contributed by atoms with van der Waals surface area (Å²) in [7, 11) is 0. The molecule has 4 rings (SSSR count). The highest BCUT2D eigenvalue weighted by molar-refractivity contribution is 5.97. The molecule has 2 aromatic heterocycles. The number of anilines is 1. The molecule has 4 aromatic rings. The van der Waals surface area contributed by atoms with Crippen molar-refractivity contribution in [1.29, 1.82) is 0 Å². The highest BCUT2D eigenvalue weighted by atomic mass is 19.1. The van der Waals surface area contributed by atoms with Gasteiger partial charge in [-0.3, -0.25) is 15.1 Å².